The minimum Gasteiger partial charge on any atom is -0.305 e. The number of hydrogen-bond donors (Lipinski definition) is 0. The first-order chi connectivity index (χ1) is 24.4. The van der Waals surface area contributed by atoms with Crippen LogP contribution < -0.4 is 0 Å². The molecule has 51 heavy (non-hydrogen) atoms. The second-order valence-corrected chi connectivity index (χ2v) is 12.9. The predicted molar refractivity (Wildman–Crippen MR) is 206 cm³/mol. The molecule has 0 aliphatic carbocycles. The molecule has 4 heteroatoms. The molecule has 0 unspecified atom stereocenters. The van der Waals surface area contributed by atoms with Crippen molar-refractivity contribution < 1.29 is 20.1 Å². The standard InChI is InChI=1S/C36H34N2.C11H8N.Ir/c1-25-8-15-32(16-9-25)36-21-27(3)34(24-38-36)19-14-31-7-5-6-30(22-31)11-10-29-12-17-33(18-13-29)35-20-26(2)28(4)23-37-35;1-2-6-10(7-3-1)11-8-4-5-9-12-11;/h5-9,12-13,15,17,20-24H,10-11,14,19H2,1-4H3;1-6,8-9H;/q-2;-1;+3. The van der Waals surface area contributed by atoms with Crippen LogP contribution in [0.3, 0.4) is 0 Å². The summed E-state index contributed by atoms with van der Waals surface area (Å²) in [4.78, 5) is 13.5. The van der Waals surface area contributed by atoms with Crippen LogP contribution in [0.5, 0.6) is 0 Å². The summed E-state index contributed by atoms with van der Waals surface area (Å²) in [5.74, 6) is 0. The van der Waals surface area contributed by atoms with Crippen LogP contribution in [-0.2, 0) is 45.8 Å². The Morgan fingerprint density at radius 1 is 0.471 bits per heavy atom. The molecule has 254 valence electrons. The topological polar surface area (TPSA) is 38.7 Å². The fourth-order valence-electron chi connectivity index (χ4n) is 5.78. The Morgan fingerprint density at radius 3 is 1.76 bits per heavy atom. The molecule has 0 amide bonds. The molecule has 7 rings (SSSR count). The summed E-state index contributed by atoms with van der Waals surface area (Å²) in [6, 6.07) is 49.6. The summed E-state index contributed by atoms with van der Waals surface area (Å²) >= 11 is 0. The van der Waals surface area contributed by atoms with Gasteiger partial charge in [0.1, 0.15) is 0 Å². The zero-order valence-corrected chi connectivity index (χ0v) is 32.1. The van der Waals surface area contributed by atoms with Crippen LogP contribution in [0.4, 0.5) is 0 Å². The molecule has 0 aliphatic heterocycles. The van der Waals surface area contributed by atoms with Crippen LogP contribution in [-0.4, -0.2) is 15.0 Å². The maximum atomic E-state index is 4.73. The summed E-state index contributed by atoms with van der Waals surface area (Å²) in [6.45, 7) is 8.48. The molecule has 7 aromatic rings. The van der Waals surface area contributed by atoms with Crippen LogP contribution in [0.2, 0.25) is 0 Å². The molecule has 4 aromatic carbocycles. The van der Waals surface area contributed by atoms with E-state index in [-0.39, 0.29) is 20.1 Å². The smallest absolute Gasteiger partial charge is 0.305 e. The number of benzene rings is 4. The van der Waals surface area contributed by atoms with Gasteiger partial charge in [-0.15, -0.1) is 107 Å². The molecule has 0 atom stereocenters. The Morgan fingerprint density at radius 2 is 1.14 bits per heavy atom. The zero-order chi connectivity index (χ0) is 34.7. The fraction of sp³-hybridized carbons (Fsp3) is 0.170. The number of aromatic nitrogens is 3. The van der Waals surface area contributed by atoms with Gasteiger partial charge in [0.25, 0.3) is 0 Å². The maximum Gasteiger partial charge on any atom is 3.00 e. The van der Waals surface area contributed by atoms with Gasteiger partial charge in [-0.25, -0.2) is 0 Å². The number of hydrogen-bond acceptors (Lipinski definition) is 3. The van der Waals surface area contributed by atoms with E-state index < -0.39 is 0 Å². The van der Waals surface area contributed by atoms with Gasteiger partial charge in [-0.3, -0.25) is 0 Å². The van der Waals surface area contributed by atoms with Crippen molar-refractivity contribution in [3.63, 3.8) is 0 Å². The minimum absolute atomic E-state index is 0. The van der Waals surface area contributed by atoms with Gasteiger partial charge in [0.15, 0.2) is 0 Å². The van der Waals surface area contributed by atoms with Crippen LogP contribution >= 0.6 is 0 Å². The van der Waals surface area contributed by atoms with E-state index in [9.17, 15) is 0 Å². The molecule has 0 aliphatic rings. The Labute approximate surface area is 317 Å². The summed E-state index contributed by atoms with van der Waals surface area (Å²) in [5, 5.41) is 0. The van der Waals surface area contributed by atoms with Crippen LogP contribution in [0, 0.1) is 45.9 Å². The van der Waals surface area contributed by atoms with Crippen molar-refractivity contribution >= 4 is 0 Å². The third kappa shape index (κ3) is 10.5. The van der Waals surface area contributed by atoms with E-state index in [0.717, 1.165) is 59.5 Å². The van der Waals surface area contributed by atoms with Crippen molar-refractivity contribution in [3.8, 4) is 33.8 Å². The summed E-state index contributed by atoms with van der Waals surface area (Å²) in [5.41, 5.74) is 16.4. The summed E-state index contributed by atoms with van der Waals surface area (Å²) < 4.78 is 0. The third-order valence-electron chi connectivity index (χ3n) is 9.02. The van der Waals surface area contributed by atoms with Gasteiger partial charge in [0.05, 0.1) is 0 Å². The van der Waals surface area contributed by atoms with E-state index in [1.54, 1.807) is 6.20 Å². The maximum absolute atomic E-state index is 4.73. The molecule has 0 fully saturated rings. The monoisotopic (exact) mass is 841 g/mol. The molecular formula is C47H42IrN3. The van der Waals surface area contributed by atoms with Crippen molar-refractivity contribution in [2.24, 2.45) is 0 Å². The molecule has 0 radical (unpaired) electrons. The van der Waals surface area contributed by atoms with Gasteiger partial charge >= 0.3 is 20.1 Å². The molecule has 3 heterocycles. The second-order valence-electron chi connectivity index (χ2n) is 12.9. The van der Waals surface area contributed by atoms with Crippen molar-refractivity contribution in [2.75, 3.05) is 0 Å². The first-order valence-corrected chi connectivity index (χ1v) is 17.3. The quantitative estimate of drug-likeness (QED) is 0.136. The largest absolute Gasteiger partial charge is 3.00 e. The molecular weight excluding hydrogens is 799 g/mol. The zero-order valence-electron chi connectivity index (χ0n) is 29.7. The Bertz CT molecular complexity index is 2090. The molecule has 3 nitrogen and oxygen atoms in total. The van der Waals surface area contributed by atoms with E-state index in [4.69, 9.17) is 4.98 Å². The van der Waals surface area contributed by atoms with Crippen LogP contribution in [0.15, 0.2) is 134 Å². The minimum atomic E-state index is 0. The van der Waals surface area contributed by atoms with E-state index in [2.05, 4.69) is 123 Å². The Hall–Kier alpha value is -5.02. The molecule has 0 bridgehead atoms. The summed E-state index contributed by atoms with van der Waals surface area (Å²) in [7, 11) is 0. The van der Waals surface area contributed by atoms with Gasteiger partial charge in [0, 0.05) is 18.6 Å². The normalized spacial score (nSPS) is 10.5. The van der Waals surface area contributed by atoms with Crippen molar-refractivity contribution in [1.29, 1.82) is 0 Å². The number of nitrogens with zero attached hydrogens (tertiary/aromatic N) is 3. The second kappa shape index (κ2) is 18.3. The van der Waals surface area contributed by atoms with E-state index in [0.29, 0.717) is 0 Å². The average molecular weight is 841 g/mol. The molecule has 0 saturated heterocycles. The molecule has 0 N–H and O–H groups in total. The molecule has 0 saturated carbocycles. The Balaban J connectivity index is 0.000000327. The van der Waals surface area contributed by atoms with E-state index in [1.807, 2.05) is 60.9 Å². The van der Waals surface area contributed by atoms with Crippen molar-refractivity contribution in [3.05, 3.63) is 197 Å². The molecule has 0 spiro atoms. The van der Waals surface area contributed by atoms with Gasteiger partial charge in [-0.05, 0) is 85.4 Å². The van der Waals surface area contributed by atoms with Crippen molar-refractivity contribution in [1.82, 2.24) is 15.0 Å². The predicted octanol–water partition coefficient (Wildman–Crippen LogP) is 10.8. The third-order valence-corrected chi connectivity index (χ3v) is 9.02. The van der Waals surface area contributed by atoms with E-state index in [1.165, 1.54) is 44.5 Å². The van der Waals surface area contributed by atoms with Crippen LogP contribution in [0.1, 0.15) is 44.5 Å². The first kappa shape index (κ1) is 37.2. The van der Waals surface area contributed by atoms with E-state index >= 15 is 0 Å². The number of pyridine rings is 3. The number of aryl methyl sites for hydroxylation is 8. The van der Waals surface area contributed by atoms with Crippen molar-refractivity contribution in [2.45, 2.75) is 53.4 Å². The fourth-order valence-corrected chi connectivity index (χ4v) is 5.78. The average Bonchev–Trinajstić information content (AvgIpc) is 3.16. The summed E-state index contributed by atoms with van der Waals surface area (Å²) in [6.07, 6.45) is 9.79. The Kier molecular flexibility index (Phi) is 13.4. The molecule has 3 aromatic heterocycles. The first-order valence-electron chi connectivity index (χ1n) is 17.3. The number of rotatable bonds is 9. The SMILES string of the molecule is Cc1c[c-]c(-c2cc(C)c(CCc3cccc(CCc4c[c-]c(-c5cc(C)c(C)cn5)cc4)c3)cn2)cc1.[Ir+3].[c-]1ccccc1-c1ccccn1. The van der Waals surface area contributed by atoms with Gasteiger partial charge in [-0.2, -0.15) is 0 Å². The van der Waals surface area contributed by atoms with Gasteiger partial charge < -0.3 is 15.0 Å². The van der Waals surface area contributed by atoms with Gasteiger partial charge in [0.2, 0.25) is 0 Å². The van der Waals surface area contributed by atoms with Gasteiger partial charge in [-0.1, -0.05) is 73.0 Å². The van der Waals surface area contributed by atoms with Crippen LogP contribution in [0.25, 0.3) is 33.8 Å².